The maximum absolute atomic E-state index is 12.6. The molecule has 0 aliphatic carbocycles. The molecule has 5 rings (SSSR count). The standard InChI is InChI=1S/C24H22N4O2S/c1-4-11-30-17-8-6-16(7-9-17)18-13-21(29)26-23-22(18)15(3)27-28(23)24-25-19-10-5-14(2)12-20(19)31-24/h4-10,12,18H,1,11,13H2,2-3H3,(H,26,29)/t18-/m0/s1. The fourth-order valence-electron chi connectivity index (χ4n) is 4.03. The Balaban J connectivity index is 1.56. The highest BCUT2D eigenvalue weighted by molar-refractivity contribution is 7.20. The molecule has 1 aliphatic rings. The third kappa shape index (κ3) is 3.51. The van der Waals surface area contributed by atoms with Crippen LogP contribution >= 0.6 is 11.3 Å². The lowest BCUT2D eigenvalue weighted by Gasteiger charge is -2.24. The van der Waals surface area contributed by atoms with Crippen molar-refractivity contribution in [1.29, 1.82) is 0 Å². The van der Waals surface area contributed by atoms with E-state index >= 15 is 0 Å². The Hall–Kier alpha value is -3.45. The van der Waals surface area contributed by atoms with Gasteiger partial charge in [-0.05, 0) is 49.2 Å². The molecule has 4 aromatic rings. The number of carbonyl (C=O) groups is 1. The molecule has 0 saturated heterocycles. The van der Waals surface area contributed by atoms with Gasteiger partial charge in [-0.25, -0.2) is 4.98 Å². The Kier molecular flexibility index (Phi) is 4.82. The van der Waals surface area contributed by atoms with Gasteiger partial charge in [-0.2, -0.15) is 9.78 Å². The molecule has 0 unspecified atom stereocenters. The van der Waals surface area contributed by atoms with Gasteiger partial charge in [-0.1, -0.05) is 42.2 Å². The number of fused-ring (bicyclic) bond motifs is 2. The van der Waals surface area contributed by atoms with Gasteiger partial charge < -0.3 is 10.1 Å². The van der Waals surface area contributed by atoms with E-state index in [0.717, 1.165) is 37.9 Å². The van der Waals surface area contributed by atoms with Gasteiger partial charge in [0, 0.05) is 17.9 Å². The van der Waals surface area contributed by atoms with Gasteiger partial charge in [0.1, 0.15) is 18.2 Å². The first kappa shape index (κ1) is 19.5. The number of rotatable bonds is 5. The van der Waals surface area contributed by atoms with Crippen molar-refractivity contribution >= 4 is 33.3 Å². The zero-order valence-corrected chi connectivity index (χ0v) is 18.2. The fourth-order valence-corrected chi connectivity index (χ4v) is 5.05. The number of nitrogens with zero attached hydrogens (tertiary/aromatic N) is 3. The number of hydrogen-bond acceptors (Lipinski definition) is 5. The number of anilines is 1. The molecule has 156 valence electrons. The number of amides is 1. The molecule has 2 aromatic carbocycles. The minimum absolute atomic E-state index is 0.0254. The highest BCUT2D eigenvalue weighted by Gasteiger charge is 2.33. The van der Waals surface area contributed by atoms with Gasteiger partial charge in [-0.3, -0.25) is 4.79 Å². The van der Waals surface area contributed by atoms with E-state index in [1.807, 2.05) is 37.3 Å². The van der Waals surface area contributed by atoms with E-state index in [4.69, 9.17) is 14.8 Å². The number of benzene rings is 2. The summed E-state index contributed by atoms with van der Waals surface area (Å²) in [6, 6.07) is 14.1. The molecule has 31 heavy (non-hydrogen) atoms. The van der Waals surface area contributed by atoms with Crippen molar-refractivity contribution in [3.05, 3.63) is 77.5 Å². The Morgan fingerprint density at radius 3 is 2.84 bits per heavy atom. The first-order valence-electron chi connectivity index (χ1n) is 10.1. The number of ether oxygens (including phenoxy) is 1. The molecule has 1 amide bonds. The van der Waals surface area contributed by atoms with Gasteiger partial charge in [0.05, 0.1) is 15.9 Å². The minimum Gasteiger partial charge on any atom is -0.490 e. The summed E-state index contributed by atoms with van der Waals surface area (Å²) in [6.45, 7) is 8.19. The molecule has 0 radical (unpaired) electrons. The predicted octanol–water partition coefficient (Wildman–Crippen LogP) is 5.14. The molecule has 1 aliphatic heterocycles. The van der Waals surface area contributed by atoms with E-state index in [9.17, 15) is 4.79 Å². The number of aromatic nitrogens is 3. The highest BCUT2D eigenvalue weighted by atomic mass is 32.1. The molecule has 0 spiro atoms. The normalized spacial score (nSPS) is 15.5. The summed E-state index contributed by atoms with van der Waals surface area (Å²) in [5.41, 5.74) is 5.11. The van der Waals surface area contributed by atoms with E-state index in [1.54, 1.807) is 22.1 Å². The largest absolute Gasteiger partial charge is 0.490 e. The average molecular weight is 431 g/mol. The van der Waals surface area contributed by atoms with Crippen LogP contribution in [0, 0.1) is 13.8 Å². The fraction of sp³-hybridized carbons (Fsp3) is 0.208. The molecular weight excluding hydrogens is 408 g/mol. The maximum Gasteiger partial charge on any atom is 0.226 e. The number of nitrogens with one attached hydrogen (secondary N) is 1. The van der Waals surface area contributed by atoms with Gasteiger partial charge in [-0.15, -0.1) is 0 Å². The molecule has 7 heteroatoms. The second-order valence-electron chi connectivity index (χ2n) is 7.70. The van der Waals surface area contributed by atoms with Crippen LogP contribution < -0.4 is 10.1 Å². The van der Waals surface area contributed by atoms with Gasteiger partial charge in [0.15, 0.2) is 0 Å². The number of thiazole rings is 1. The lowest BCUT2D eigenvalue weighted by Crippen LogP contribution is -2.24. The van der Waals surface area contributed by atoms with E-state index in [0.29, 0.717) is 18.8 Å². The summed E-state index contributed by atoms with van der Waals surface area (Å²) in [7, 11) is 0. The Labute approximate surface area is 184 Å². The van der Waals surface area contributed by atoms with Crippen LogP contribution in [0.3, 0.4) is 0 Å². The number of carbonyl (C=O) groups excluding carboxylic acids is 1. The molecule has 0 saturated carbocycles. The zero-order chi connectivity index (χ0) is 21.5. The Morgan fingerprint density at radius 1 is 1.26 bits per heavy atom. The van der Waals surface area contributed by atoms with E-state index < -0.39 is 0 Å². The molecule has 0 bridgehead atoms. The third-order valence-corrected chi connectivity index (χ3v) is 6.46. The van der Waals surface area contributed by atoms with Crippen molar-refractivity contribution in [1.82, 2.24) is 14.8 Å². The quantitative estimate of drug-likeness (QED) is 0.445. The highest BCUT2D eigenvalue weighted by Crippen LogP contribution is 2.41. The average Bonchev–Trinajstić information content (AvgIpc) is 3.32. The summed E-state index contributed by atoms with van der Waals surface area (Å²) < 4.78 is 8.47. The van der Waals surface area contributed by atoms with Crippen LogP contribution in [-0.2, 0) is 4.79 Å². The van der Waals surface area contributed by atoms with Crippen LogP contribution in [-0.4, -0.2) is 27.3 Å². The van der Waals surface area contributed by atoms with Crippen molar-refractivity contribution in [3.8, 4) is 10.9 Å². The second kappa shape index (κ2) is 7.67. The van der Waals surface area contributed by atoms with Crippen LogP contribution in [0.1, 0.15) is 34.7 Å². The number of hydrogen-bond donors (Lipinski definition) is 1. The van der Waals surface area contributed by atoms with Crippen molar-refractivity contribution in [2.24, 2.45) is 0 Å². The van der Waals surface area contributed by atoms with E-state index in [2.05, 4.69) is 31.0 Å². The third-order valence-electron chi connectivity index (χ3n) is 5.47. The monoisotopic (exact) mass is 430 g/mol. The van der Waals surface area contributed by atoms with Crippen LogP contribution in [0.2, 0.25) is 0 Å². The van der Waals surface area contributed by atoms with E-state index in [-0.39, 0.29) is 11.8 Å². The van der Waals surface area contributed by atoms with Crippen molar-refractivity contribution in [3.63, 3.8) is 0 Å². The molecule has 3 heterocycles. The topological polar surface area (TPSA) is 69.0 Å². The van der Waals surface area contributed by atoms with Gasteiger partial charge in [0.2, 0.25) is 11.0 Å². The Morgan fingerprint density at radius 2 is 2.06 bits per heavy atom. The van der Waals surface area contributed by atoms with Crippen LogP contribution in [0.15, 0.2) is 55.1 Å². The smallest absolute Gasteiger partial charge is 0.226 e. The second-order valence-corrected chi connectivity index (χ2v) is 8.71. The first-order chi connectivity index (χ1) is 15.0. The first-order valence-corrected chi connectivity index (χ1v) is 11.0. The van der Waals surface area contributed by atoms with Crippen LogP contribution in [0.5, 0.6) is 5.75 Å². The number of aryl methyl sites for hydroxylation is 2. The zero-order valence-electron chi connectivity index (χ0n) is 17.4. The molecule has 0 fully saturated rings. The Bertz CT molecular complexity index is 1300. The summed E-state index contributed by atoms with van der Waals surface area (Å²) in [4.78, 5) is 17.4. The van der Waals surface area contributed by atoms with Crippen LogP contribution in [0.4, 0.5) is 5.82 Å². The van der Waals surface area contributed by atoms with Crippen molar-refractivity contribution in [2.45, 2.75) is 26.2 Å². The maximum atomic E-state index is 12.6. The summed E-state index contributed by atoms with van der Waals surface area (Å²) in [5.74, 6) is 1.40. The summed E-state index contributed by atoms with van der Waals surface area (Å²) in [5, 5.41) is 8.55. The lowest BCUT2D eigenvalue weighted by atomic mass is 9.86. The molecule has 1 atom stereocenters. The summed E-state index contributed by atoms with van der Waals surface area (Å²) >= 11 is 1.57. The van der Waals surface area contributed by atoms with E-state index in [1.165, 1.54) is 5.56 Å². The van der Waals surface area contributed by atoms with Crippen LogP contribution in [0.25, 0.3) is 15.3 Å². The molecule has 2 aromatic heterocycles. The molecule has 1 N–H and O–H groups in total. The van der Waals surface area contributed by atoms with Crippen molar-refractivity contribution < 1.29 is 9.53 Å². The predicted molar refractivity (Wildman–Crippen MR) is 123 cm³/mol. The molecular formula is C24H22N4O2S. The molecule has 6 nitrogen and oxygen atoms in total. The SMILES string of the molecule is C=CCOc1ccc([C@@H]2CC(=O)Nc3c2c(C)nn3-c2nc3ccc(C)cc3s2)cc1. The lowest BCUT2D eigenvalue weighted by molar-refractivity contribution is -0.116. The van der Waals surface area contributed by atoms with Crippen molar-refractivity contribution in [2.75, 3.05) is 11.9 Å². The van der Waals surface area contributed by atoms with Gasteiger partial charge >= 0.3 is 0 Å². The van der Waals surface area contributed by atoms with Gasteiger partial charge in [0.25, 0.3) is 0 Å². The minimum atomic E-state index is -0.0671. The summed E-state index contributed by atoms with van der Waals surface area (Å²) in [6.07, 6.45) is 2.10.